The molecule has 0 spiro atoms. The topological polar surface area (TPSA) is 55.7 Å². The van der Waals surface area contributed by atoms with Gasteiger partial charge < -0.3 is 9.47 Å². The fourth-order valence-electron chi connectivity index (χ4n) is 3.04. The number of hydrogen-bond donors (Lipinski definition) is 1. The molecule has 0 saturated carbocycles. The molecule has 33 heavy (non-hydrogen) atoms. The molecule has 8 heteroatoms. The molecule has 0 aliphatic heterocycles. The van der Waals surface area contributed by atoms with E-state index in [-0.39, 0.29) is 0 Å². The third-order valence-electron chi connectivity index (χ3n) is 4.59. The van der Waals surface area contributed by atoms with Crippen molar-refractivity contribution < 1.29 is 9.47 Å². The maximum atomic E-state index is 6.28. The fraction of sp³-hybridized carbons (Fsp3) is 0.120. The number of benzene rings is 3. The Morgan fingerprint density at radius 2 is 1.85 bits per heavy atom. The van der Waals surface area contributed by atoms with Gasteiger partial charge in [0, 0.05) is 16.0 Å². The lowest BCUT2D eigenvalue weighted by Gasteiger charge is -2.12. The minimum absolute atomic E-state index is 0.472. The van der Waals surface area contributed by atoms with Crippen molar-refractivity contribution in [1.29, 1.82) is 0 Å². The quantitative estimate of drug-likeness (QED) is 0.191. The molecule has 0 bridgehead atoms. The molecule has 0 aliphatic rings. The second kappa shape index (κ2) is 11.2. The van der Waals surface area contributed by atoms with Crippen LogP contribution in [0.25, 0.3) is 11.3 Å². The minimum Gasteiger partial charge on any atom is -0.490 e. The van der Waals surface area contributed by atoms with E-state index in [0.717, 1.165) is 22.4 Å². The Bertz CT molecular complexity index is 1250. The number of hydrazone groups is 1. The lowest BCUT2D eigenvalue weighted by Crippen LogP contribution is -2.00. The molecule has 5 nitrogen and oxygen atoms in total. The van der Waals surface area contributed by atoms with Gasteiger partial charge >= 0.3 is 0 Å². The first-order chi connectivity index (χ1) is 16.1. The number of halogens is 2. The van der Waals surface area contributed by atoms with Gasteiger partial charge in [-0.25, -0.2) is 4.98 Å². The first kappa shape index (κ1) is 23.1. The highest BCUT2D eigenvalue weighted by Gasteiger charge is 2.09. The fourth-order valence-corrected chi connectivity index (χ4v) is 4.20. The molecule has 1 heterocycles. The van der Waals surface area contributed by atoms with Crippen molar-refractivity contribution in [3.8, 4) is 22.8 Å². The van der Waals surface area contributed by atoms with Crippen molar-refractivity contribution in [3.05, 3.63) is 93.3 Å². The Labute approximate surface area is 206 Å². The highest BCUT2D eigenvalue weighted by atomic mass is 35.5. The Hall–Kier alpha value is -3.06. The molecule has 0 saturated heterocycles. The molecule has 4 rings (SSSR count). The van der Waals surface area contributed by atoms with E-state index in [4.69, 9.17) is 32.7 Å². The zero-order valence-electron chi connectivity index (χ0n) is 17.8. The molecule has 0 radical (unpaired) electrons. The van der Waals surface area contributed by atoms with Crippen molar-refractivity contribution in [3.63, 3.8) is 0 Å². The SMILES string of the molecule is CCOc1cc(/C=N\Nc2nc(-c3ccc(Cl)cc3Cl)cs2)ccc1OCc1ccccc1. The molecule has 0 fully saturated rings. The molecule has 1 aromatic heterocycles. The first-order valence-electron chi connectivity index (χ1n) is 10.3. The van der Waals surface area contributed by atoms with Crippen molar-refractivity contribution in [2.75, 3.05) is 12.0 Å². The average Bonchev–Trinajstić information content (AvgIpc) is 3.28. The highest BCUT2D eigenvalue weighted by Crippen LogP contribution is 2.32. The summed E-state index contributed by atoms with van der Waals surface area (Å²) in [4.78, 5) is 4.54. The van der Waals surface area contributed by atoms with E-state index in [2.05, 4.69) is 15.5 Å². The number of aromatic nitrogens is 1. The van der Waals surface area contributed by atoms with Crippen molar-refractivity contribution in [2.24, 2.45) is 5.10 Å². The first-order valence-corrected chi connectivity index (χ1v) is 11.9. The Morgan fingerprint density at radius 3 is 2.64 bits per heavy atom. The van der Waals surface area contributed by atoms with E-state index in [1.165, 1.54) is 11.3 Å². The van der Waals surface area contributed by atoms with E-state index in [9.17, 15) is 0 Å². The molecule has 0 unspecified atom stereocenters. The number of rotatable bonds is 9. The summed E-state index contributed by atoms with van der Waals surface area (Å²) < 4.78 is 11.7. The summed E-state index contributed by atoms with van der Waals surface area (Å²) in [5, 5.41) is 8.02. The number of anilines is 1. The van der Waals surface area contributed by atoms with Gasteiger partial charge in [-0.3, -0.25) is 5.43 Å². The van der Waals surface area contributed by atoms with Gasteiger partial charge in [-0.15, -0.1) is 11.3 Å². The highest BCUT2D eigenvalue weighted by molar-refractivity contribution is 7.14. The Balaban J connectivity index is 1.41. The standard InChI is InChI=1S/C25H21Cl2N3O2S/c1-2-31-24-12-18(8-11-23(24)32-15-17-6-4-3-5-7-17)14-28-30-25-29-22(16-33-25)20-10-9-19(26)13-21(20)27/h3-14,16H,2,15H2,1H3,(H,29,30)/b28-14-. The van der Waals surface area contributed by atoms with Crippen LogP contribution in [0.1, 0.15) is 18.1 Å². The maximum absolute atomic E-state index is 6.28. The van der Waals surface area contributed by atoms with Crippen molar-refractivity contribution in [1.82, 2.24) is 4.98 Å². The summed E-state index contributed by atoms with van der Waals surface area (Å²) in [6.45, 7) is 2.95. The number of hydrogen-bond acceptors (Lipinski definition) is 6. The second-order valence-electron chi connectivity index (χ2n) is 6.95. The summed E-state index contributed by atoms with van der Waals surface area (Å²) in [6, 6.07) is 21.1. The van der Waals surface area contributed by atoms with Crippen LogP contribution in [0.3, 0.4) is 0 Å². The lowest BCUT2D eigenvalue weighted by molar-refractivity contribution is 0.269. The van der Waals surface area contributed by atoms with Crippen LogP contribution in [0.2, 0.25) is 10.0 Å². The molecular weight excluding hydrogens is 477 g/mol. The second-order valence-corrected chi connectivity index (χ2v) is 8.65. The monoisotopic (exact) mass is 497 g/mol. The van der Waals surface area contributed by atoms with Gasteiger partial charge in [0.15, 0.2) is 11.5 Å². The smallest absolute Gasteiger partial charge is 0.203 e. The van der Waals surface area contributed by atoms with Gasteiger partial charge in [-0.1, -0.05) is 53.5 Å². The predicted octanol–water partition coefficient (Wildman–Crippen LogP) is 7.54. The molecule has 168 valence electrons. The summed E-state index contributed by atoms with van der Waals surface area (Å²) in [6.07, 6.45) is 1.71. The van der Waals surface area contributed by atoms with Gasteiger partial charge in [0.2, 0.25) is 5.13 Å². The van der Waals surface area contributed by atoms with Crippen LogP contribution < -0.4 is 14.9 Å². The average molecular weight is 498 g/mol. The van der Waals surface area contributed by atoms with Gasteiger partial charge in [0.1, 0.15) is 6.61 Å². The normalized spacial score (nSPS) is 11.0. The van der Waals surface area contributed by atoms with Crippen LogP contribution in [0.4, 0.5) is 5.13 Å². The molecule has 4 aromatic rings. The number of nitrogens with one attached hydrogen (secondary N) is 1. The minimum atomic E-state index is 0.472. The number of ether oxygens (including phenoxy) is 2. The zero-order valence-corrected chi connectivity index (χ0v) is 20.1. The largest absolute Gasteiger partial charge is 0.490 e. The van der Waals surface area contributed by atoms with Crippen LogP contribution in [0, 0.1) is 0 Å². The number of nitrogens with zero attached hydrogens (tertiary/aromatic N) is 2. The predicted molar refractivity (Wildman–Crippen MR) is 137 cm³/mol. The van der Waals surface area contributed by atoms with Crippen molar-refractivity contribution in [2.45, 2.75) is 13.5 Å². The van der Waals surface area contributed by atoms with Crippen LogP contribution in [0.5, 0.6) is 11.5 Å². The Morgan fingerprint density at radius 1 is 1.00 bits per heavy atom. The summed E-state index contributed by atoms with van der Waals surface area (Å²) in [5.74, 6) is 1.36. The van der Waals surface area contributed by atoms with Gasteiger partial charge in [0.05, 0.1) is 23.5 Å². The van der Waals surface area contributed by atoms with Gasteiger partial charge in [0.25, 0.3) is 0 Å². The van der Waals surface area contributed by atoms with Crippen LogP contribution in [0.15, 0.2) is 77.2 Å². The molecule has 0 atom stereocenters. The Kier molecular flexibility index (Phi) is 7.83. The van der Waals surface area contributed by atoms with E-state index in [0.29, 0.717) is 39.9 Å². The van der Waals surface area contributed by atoms with Crippen LogP contribution in [-0.2, 0) is 6.61 Å². The van der Waals surface area contributed by atoms with Gasteiger partial charge in [-0.2, -0.15) is 5.10 Å². The third kappa shape index (κ3) is 6.26. The van der Waals surface area contributed by atoms with Gasteiger partial charge in [-0.05, 0) is 54.4 Å². The molecular formula is C25H21Cl2N3O2S. The molecule has 0 aliphatic carbocycles. The van der Waals surface area contributed by atoms with E-state index < -0.39 is 0 Å². The summed E-state index contributed by atoms with van der Waals surface area (Å²) >= 11 is 13.7. The molecule has 1 N–H and O–H groups in total. The van der Waals surface area contributed by atoms with Crippen LogP contribution >= 0.6 is 34.5 Å². The third-order valence-corrected chi connectivity index (χ3v) is 5.88. The lowest BCUT2D eigenvalue weighted by atomic mass is 10.2. The van der Waals surface area contributed by atoms with Crippen molar-refractivity contribution >= 4 is 45.9 Å². The molecule has 3 aromatic carbocycles. The summed E-state index contributed by atoms with van der Waals surface area (Å²) in [7, 11) is 0. The van der Waals surface area contributed by atoms with E-state index in [1.807, 2.05) is 66.9 Å². The number of thiazole rings is 1. The van der Waals surface area contributed by atoms with E-state index in [1.54, 1.807) is 18.3 Å². The molecule has 0 amide bonds. The summed E-state index contributed by atoms with van der Waals surface area (Å²) in [5.41, 5.74) is 6.51. The zero-order chi connectivity index (χ0) is 23.0. The maximum Gasteiger partial charge on any atom is 0.203 e. The van der Waals surface area contributed by atoms with E-state index >= 15 is 0 Å². The van der Waals surface area contributed by atoms with Crippen LogP contribution in [-0.4, -0.2) is 17.8 Å².